The SMILES string of the molecule is COC(=O)C1COC(Cc2ccc(-c3noc(C(F)(F)F)n3)cc2)=N1. The minimum atomic E-state index is -4.68. The molecular weight excluding hydrogens is 343 g/mol. The van der Waals surface area contributed by atoms with Crippen LogP contribution in [-0.4, -0.2) is 41.8 Å². The second-order valence-corrected chi connectivity index (χ2v) is 5.17. The molecule has 1 aliphatic heterocycles. The molecule has 0 radical (unpaired) electrons. The fraction of sp³-hybridized carbons (Fsp3) is 0.333. The van der Waals surface area contributed by atoms with Crippen molar-refractivity contribution in [1.29, 1.82) is 0 Å². The molecule has 0 fully saturated rings. The van der Waals surface area contributed by atoms with Crippen molar-refractivity contribution in [1.82, 2.24) is 10.1 Å². The van der Waals surface area contributed by atoms with Gasteiger partial charge in [-0.3, -0.25) is 0 Å². The maximum Gasteiger partial charge on any atom is 0.471 e. The van der Waals surface area contributed by atoms with E-state index in [4.69, 9.17) is 4.74 Å². The Labute approximate surface area is 139 Å². The van der Waals surface area contributed by atoms with Crippen LogP contribution >= 0.6 is 0 Å². The second-order valence-electron chi connectivity index (χ2n) is 5.17. The largest absolute Gasteiger partial charge is 0.478 e. The van der Waals surface area contributed by atoms with Crippen molar-refractivity contribution in [3.05, 3.63) is 35.7 Å². The van der Waals surface area contributed by atoms with Gasteiger partial charge in [-0.15, -0.1) is 0 Å². The van der Waals surface area contributed by atoms with E-state index >= 15 is 0 Å². The fourth-order valence-corrected chi connectivity index (χ4v) is 2.18. The Bertz CT molecular complexity index is 799. The van der Waals surface area contributed by atoms with E-state index in [1.807, 2.05) is 0 Å². The second kappa shape index (κ2) is 6.54. The number of halogens is 3. The van der Waals surface area contributed by atoms with Crippen molar-refractivity contribution < 1.29 is 32.0 Å². The van der Waals surface area contributed by atoms with Crippen LogP contribution in [0.5, 0.6) is 0 Å². The Kier molecular flexibility index (Phi) is 4.43. The maximum absolute atomic E-state index is 12.5. The van der Waals surface area contributed by atoms with E-state index in [1.54, 1.807) is 24.3 Å². The highest BCUT2D eigenvalue weighted by Gasteiger charge is 2.38. The van der Waals surface area contributed by atoms with Gasteiger partial charge in [-0.2, -0.15) is 18.2 Å². The van der Waals surface area contributed by atoms with Gasteiger partial charge in [-0.1, -0.05) is 29.4 Å². The lowest BCUT2D eigenvalue weighted by atomic mass is 10.1. The summed E-state index contributed by atoms with van der Waals surface area (Å²) in [6.45, 7) is 0.128. The van der Waals surface area contributed by atoms with Gasteiger partial charge in [0.1, 0.15) is 6.61 Å². The minimum absolute atomic E-state index is 0.128. The minimum Gasteiger partial charge on any atom is -0.478 e. The third-order valence-corrected chi connectivity index (χ3v) is 3.42. The zero-order valence-corrected chi connectivity index (χ0v) is 12.9. The number of carbonyl (C=O) groups excluding carboxylic acids is 1. The molecule has 2 heterocycles. The molecule has 2 aromatic rings. The zero-order valence-electron chi connectivity index (χ0n) is 12.9. The molecule has 0 saturated heterocycles. The van der Waals surface area contributed by atoms with Crippen LogP contribution in [0.2, 0.25) is 0 Å². The molecule has 1 aliphatic rings. The zero-order chi connectivity index (χ0) is 18.0. The van der Waals surface area contributed by atoms with E-state index in [2.05, 4.69) is 24.4 Å². The molecular formula is C15H12F3N3O4. The molecule has 1 atom stereocenters. The summed E-state index contributed by atoms with van der Waals surface area (Å²) in [5, 5.41) is 3.32. The van der Waals surface area contributed by atoms with Crippen LogP contribution < -0.4 is 0 Å². The number of rotatable bonds is 4. The molecule has 132 valence electrons. The number of aliphatic imine (C=N–C) groups is 1. The molecule has 10 heteroatoms. The summed E-state index contributed by atoms with van der Waals surface area (Å²) in [6, 6.07) is 5.81. The standard InChI is InChI=1S/C15H12F3N3O4/c1-23-13(22)10-7-24-11(19-10)6-8-2-4-9(5-3-8)12-20-14(25-21-12)15(16,17)18/h2-5,10H,6-7H2,1H3. The van der Waals surface area contributed by atoms with E-state index < -0.39 is 24.1 Å². The van der Waals surface area contributed by atoms with Crippen LogP contribution in [0.15, 0.2) is 33.8 Å². The van der Waals surface area contributed by atoms with Crippen molar-refractivity contribution in [3.8, 4) is 11.4 Å². The van der Waals surface area contributed by atoms with Gasteiger partial charge < -0.3 is 14.0 Å². The molecule has 25 heavy (non-hydrogen) atoms. The fourth-order valence-electron chi connectivity index (χ4n) is 2.18. The molecule has 0 aliphatic carbocycles. The number of methoxy groups -OCH3 is 1. The molecule has 0 amide bonds. The summed E-state index contributed by atoms with van der Waals surface area (Å²) < 4.78 is 51.5. The third-order valence-electron chi connectivity index (χ3n) is 3.42. The number of benzene rings is 1. The average molecular weight is 355 g/mol. The topological polar surface area (TPSA) is 86.8 Å². The van der Waals surface area contributed by atoms with E-state index in [1.165, 1.54) is 7.11 Å². The van der Waals surface area contributed by atoms with Gasteiger partial charge >= 0.3 is 18.0 Å². The predicted molar refractivity (Wildman–Crippen MR) is 77.6 cm³/mol. The van der Waals surface area contributed by atoms with Gasteiger partial charge in [-0.05, 0) is 5.56 Å². The molecule has 1 aromatic heterocycles. The van der Waals surface area contributed by atoms with Crippen molar-refractivity contribution in [2.45, 2.75) is 18.6 Å². The van der Waals surface area contributed by atoms with Crippen LogP contribution in [0.4, 0.5) is 13.2 Å². The van der Waals surface area contributed by atoms with Gasteiger partial charge in [-0.25, -0.2) is 9.79 Å². The molecule has 0 spiro atoms. The summed E-state index contributed by atoms with van der Waals surface area (Å²) in [5.41, 5.74) is 1.18. The number of carbonyl (C=O) groups is 1. The highest BCUT2D eigenvalue weighted by atomic mass is 19.4. The van der Waals surface area contributed by atoms with Gasteiger partial charge in [0.25, 0.3) is 0 Å². The average Bonchev–Trinajstić information content (AvgIpc) is 3.24. The highest BCUT2D eigenvalue weighted by molar-refractivity contribution is 5.86. The Morgan fingerprint density at radius 3 is 2.64 bits per heavy atom. The molecule has 0 bridgehead atoms. The lowest BCUT2D eigenvalue weighted by molar-refractivity contribution is -0.159. The Morgan fingerprint density at radius 2 is 2.04 bits per heavy atom. The van der Waals surface area contributed by atoms with Crippen LogP contribution in [0, 0.1) is 0 Å². The Hall–Kier alpha value is -2.91. The normalized spacial score (nSPS) is 17.1. The number of aromatic nitrogens is 2. The molecule has 0 saturated carbocycles. The Morgan fingerprint density at radius 1 is 1.32 bits per heavy atom. The smallest absolute Gasteiger partial charge is 0.471 e. The van der Waals surface area contributed by atoms with E-state index in [-0.39, 0.29) is 12.4 Å². The quantitative estimate of drug-likeness (QED) is 0.782. The van der Waals surface area contributed by atoms with E-state index in [0.717, 1.165) is 5.56 Å². The summed E-state index contributed by atoms with van der Waals surface area (Å²) in [7, 11) is 1.27. The number of alkyl halides is 3. The first kappa shape index (κ1) is 16.9. The van der Waals surface area contributed by atoms with E-state index in [9.17, 15) is 18.0 Å². The highest BCUT2D eigenvalue weighted by Crippen LogP contribution is 2.29. The number of hydrogen-bond donors (Lipinski definition) is 0. The Balaban J connectivity index is 1.69. The number of esters is 1. The third kappa shape index (κ3) is 3.78. The number of nitrogens with zero attached hydrogens (tertiary/aromatic N) is 3. The van der Waals surface area contributed by atoms with Crippen LogP contribution in [0.3, 0.4) is 0 Å². The predicted octanol–water partition coefficient (Wildman–Crippen LogP) is 2.27. The van der Waals surface area contributed by atoms with Gasteiger partial charge in [0.15, 0.2) is 11.9 Å². The van der Waals surface area contributed by atoms with Crippen molar-refractivity contribution in [3.63, 3.8) is 0 Å². The summed E-state index contributed by atoms with van der Waals surface area (Å²) >= 11 is 0. The molecule has 1 unspecified atom stereocenters. The lowest BCUT2D eigenvalue weighted by Crippen LogP contribution is -2.21. The number of ether oxygens (including phenoxy) is 2. The molecule has 3 rings (SSSR count). The lowest BCUT2D eigenvalue weighted by Gasteiger charge is -2.02. The summed E-state index contributed by atoms with van der Waals surface area (Å²) in [4.78, 5) is 18.8. The maximum atomic E-state index is 12.5. The van der Waals surface area contributed by atoms with Gasteiger partial charge in [0, 0.05) is 12.0 Å². The summed E-state index contributed by atoms with van der Waals surface area (Å²) in [6.07, 6.45) is -4.34. The molecule has 0 N–H and O–H groups in total. The van der Waals surface area contributed by atoms with Crippen LogP contribution in [0.25, 0.3) is 11.4 Å². The first-order valence-corrected chi connectivity index (χ1v) is 7.14. The van der Waals surface area contributed by atoms with E-state index in [0.29, 0.717) is 17.9 Å². The molecule has 7 nitrogen and oxygen atoms in total. The first-order valence-electron chi connectivity index (χ1n) is 7.14. The summed E-state index contributed by atoms with van der Waals surface area (Å²) in [5.74, 6) is -1.63. The van der Waals surface area contributed by atoms with Crippen LogP contribution in [-0.2, 0) is 26.9 Å². The number of hydrogen-bond acceptors (Lipinski definition) is 7. The van der Waals surface area contributed by atoms with Crippen molar-refractivity contribution in [2.24, 2.45) is 4.99 Å². The monoisotopic (exact) mass is 355 g/mol. The van der Waals surface area contributed by atoms with Crippen LogP contribution in [0.1, 0.15) is 11.5 Å². The van der Waals surface area contributed by atoms with Crippen molar-refractivity contribution in [2.75, 3.05) is 13.7 Å². The molecule has 1 aromatic carbocycles. The van der Waals surface area contributed by atoms with Gasteiger partial charge in [0.05, 0.1) is 7.11 Å². The van der Waals surface area contributed by atoms with Crippen molar-refractivity contribution >= 4 is 11.9 Å². The first-order chi connectivity index (χ1) is 11.9. The van der Waals surface area contributed by atoms with Gasteiger partial charge in [0.2, 0.25) is 5.82 Å².